The second-order valence-corrected chi connectivity index (χ2v) is 14.4. The van der Waals surface area contributed by atoms with Crippen molar-refractivity contribution in [2.75, 3.05) is 23.5 Å². The first kappa shape index (κ1) is 33.4. The number of thioether (sulfide) groups is 1. The molecule has 2 aromatic carbocycles. The Morgan fingerprint density at radius 2 is 1.75 bits per heavy atom. The molecule has 14 heteroatoms. The SMILES string of the molecule is Cc1ccc(S(=O)(=O)NC(Cc2ccc(NC(=O)C3CSCN3C(=O)OC(C)(C)C)cc2)C(=O)OC(=O)[C@H]2CCCN2)cc1. The highest BCUT2D eigenvalue weighted by atomic mass is 32.2. The van der Waals surface area contributed by atoms with Crippen LogP contribution in [-0.2, 0) is 40.3 Å². The first-order chi connectivity index (χ1) is 20.7. The van der Waals surface area contributed by atoms with Crippen LogP contribution < -0.4 is 15.4 Å². The van der Waals surface area contributed by atoms with E-state index in [1.54, 1.807) is 57.2 Å². The van der Waals surface area contributed by atoms with Crippen molar-refractivity contribution >= 4 is 51.4 Å². The number of benzene rings is 2. The normalized spacial score (nSPS) is 19.3. The quantitative estimate of drug-likeness (QED) is 0.273. The number of nitrogens with zero attached hydrogens (tertiary/aromatic N) is 1. The first-order valence-electron chi connectivity index (χ1n) is 14.3. The minimum Gasteiger partial charge on any atom is -0.444 e. The molecule has 0 bridgehead atoms. The summed E-state index contributed by atoms with van der Waals surface area (Å²) in [4.78, 5) is 52.6. The Labute approximate surface area is 261 Å². The van der Waals surface area contributed by atoms with Gasteiger partial charge >= 0.3 is 18.0 Å². The van der Waals surface area contributed by atoms with Gasteiger partial charge in [-0.2, -0.15) is 4.72 Å². The minimum absolute atomic E-state index is 0.0340. The lowest BCUT2D eigenvalue weighted by Crippen LogP contribution is -2.46. The summed E-state index contributed by atoms with van der Waals surface area (Å²) in [5.41, 5.74) is 1.17. The van der Waals surface area contributed by atoms with Crippen LogP contribution in [0.3, 0.4) is 0 Å². The van der Waals surface area contributed by atoms with Crippen molar-refractivity contribution in [3.63, 3.8) is 0 Å². The van der Waals surface area contributed by atoms with Gasteiger partial charge in [0.1, 0.15) is 23.7 Å². The molecule has 3 atom stereocenters. The van der Waals surface area contributed by atoms with Crippen molar-refractivity contribution in [3.05, 3.63) is 59.7 Å². The fourth-order valence-corrected chi connectivity index (χ4v) is 6.95. The van der Waals surface area contributed by atoms with E-state index in [9.17, 15) is 27.6 Å². The van der Waals surface area contributed by atoms with Crippen molar-refractivity contribution in [1.82, 2.24) is 14.9 Å². The zero-order chi connectivity index (χ0) is 32.1. The summed E-state index contributed by atoms with van der Waals surface area (Å²) in [6.45, 7) is 7.72. The van der Waals surface area contributed by atoms with Crippen LogP contribution in [0.5, 0.6) is 0 Å². The van der Waals surface area contributed by atoms with E-state index < -0.39 is 51.8 Å². The van der Waals surface area contributed by atoms with Gasteiger partial charge < -0.3 is 20.1 Å². The number of hydrogen-bond donors (Lipinski definition) is 3. The number of esters is 2. The fraction of sp³-hybridized carbons (Fsp3) is 0.467. The number of ether oxygens (including phenoxy) is 2. The van der Waals surface area contributed by atoms with E-state index in [0.717, 1.165) is 12.0 Å². The molecule has 2 unspecified atom stereocenters. The molecule has 0 aliphatic carbocycles. The zero-order valence-electron chi connectivity index (χ0n) is 25.1. The molecule has 2 fully saturated rings. The van der Waals surface area contributed by atoms with Crippen molar-refractivity contribution in [2.24, 2.45) is 0 Å². The molecule has 2 amide bonds. The number of carbonyl (C=O) groups excluding carboxylic acids is 4. The minimum atomic E-state index is -4.13. The molecule has 0 spiro atoms. The largest absolute Gasteiger partial charge is 0.444 e. The summed E-state index contributed by atoms with van der Waals surface area (Å²) >= 11 is 1.45. The maximum Gasteiger partial charge on any atom is 0.411 e. The second-order valence-electron chi connectivity index (χ2n) is 11.7. The smallest absolute Gasteiger partial charge is 0.411 e. The molecule has 238 valence electrons. The summed E-state index contributed by atoms with van der Waals surface area (Å²) in [6, 6.07) is 9.88. The molecule has 2 aromatic rings. The number of hydrogen-bond acceptors (Lipinski definition) is 10. The Hall–Kier alpha value is -3.46. The van der Waals surface area contributed by atoms with Crippen molar-refractivity contribution in [2.45, 2.75) is 75.6 Å². The number of carbonyl (C=O) groups is 4. The van der Waals surface area contributed by atoms with Crippen LogP contribution in [0.4, 0.5) is 10.5 Å². The summed E-state index contributed by atoms with van der Waals surface area (Å²) in [6.07, 6.45) is 0.605. The average Bonchev–Trinajstić information content (AvgIpc) is 3.66. The molecule has 0 radical (unpaired) electrons. The van der Waals surface area contributed by atoms with Crippen LogP contribution in [0, 0.1) is 6.92 Å². The fourth-order valence-electron chi connectivity index (χ4n) is 4.62. The van der Waals surface area contributed by atoms with Crippen LogP contribution in [0.15, 0.2) is 53.4 Å². The molecular weight excluding hydrogens is 608 g/mol. The number of sulfonamides is 1. The van der Waals surface area contributed by atoms with Gasteiger partial charge in [0.15, 0.2) is 0 Å². The van der Waals surface area contributed by atoms with Crippen LogP contribution >= 0.6 is 11.8 Å². The number of amides is 2. The maximum absolute atomic E-state index is 13.1. The molecule has 2 saturated heterocycles. The molecule has 2 aliphatic rings. The molecule has 2 aliphatic heterocycles. The van der Waals surface area contributed by atoms with E-state index in [-0.39, 0.29) is 17.2 Å². The molecule has 0 saturated carbocycles. The van der Waals surface area contributed by atoms with E-state index in [2.05, 4.69) is 15.4 Å². The number of rotatable bonds is 9. The van der Waals surface area contributed by atoms with E-state index in [1.165, 1.54) is 28.8 Å². The van der Waals surface area contributed by atoms with Gasteiger partial charge in [0.25, 0.3) is 0 Å². The summed E-state index contributed by atoms with van der Waals surface area (Å²) in [7, 11) is -4.13. The van der Waals surface area contributed by atoms with Gasteiger partial charge in [0, 0.05) is 11.4 Å². The highest BCUT2D eigenvalue weighted by molar-refractivity contribution is 7.99. The van der Waals surface area contributed by atoms with Crippen molar-refractivity contribution in [1.29, 1.82) is 0 Å². The van der Waals surface area contributed by atoms with Gasteiger partial charge in [-0.3, -0.25) is 9.69 Å². The molecule has 3 N–H and O–H groups in total. The summed E-state index contributed by atoms with van der Waals surface area (Å²) in [5, 5.41) is 5.76. The number of anilines is 1. The van der Waals surface area contributed by atoms with Crippen LogP contribution in [0.2, 0.25) is 0 Å². The standard InChI is InChI=1S/C30H38N4O8S2/c1-19-7-13-22(14-8-19)44(39,40)33-24(28(37)41-27(36)23-6-5-15-31-23)16-20-9-11-21(12-10-20)32-26(35)25-17-43-18-34(25)29(38)42-30(2,3)4/h7-14,23-25,31,33H,5-6,15-18H2,1-4H3,(H,32,35)/t23-,24?,25?/m1/s1. The predicted octanol–water partition coefficient (Wildman–Crippen LogP) is 2.95. The Bertz CT molecular complexity index is 1470. The Kier molecular flexibility index (Phi) is 10.7. The predicted molar refractivity (Wildman–Crippen MR) is 165 cm³/mol. The first-order valence-corrected chi connectivity index (χ1v) is 16.9. The molecule has 2 heterocycles. The summed E-state index contributed by atoms with van der Waals surface area (Å²) < 4.78 is 39.2. The third kappa shape index (κ3) is 9.03. The zero-order valence-corrected chi connectivity index (χ0v) is 26.8. The van der Waals surface area contributed by atoms with E-state index >= 15 is 0 Å². The topological polar surface area (TPSA) is 160 Å². The van der Waals surface area contributed by atoms with E-state index in [1.807, 2.05) is 6.92 Å². The lowest BCUT2D eigenvalue weighted by molar-refractivity contribution is -0.162. The Morgan fingerprint density at radius 1 is 1.07 bits per heavy atom. The molecular formula is C30H38N4O8S2. The third-order valence-corrected chi connectivity index (χ3v) is 9.43. The molecule has 0 aromatic heterocycles. The van der Waals surface area contributed by atoms with Crippen LogP contribution in [-0.4, -0.2) is 79.2 Å². The van der Waals surface area contributed by atoms with Crippen molar-refractivity contribution in [3.8, 4) is 0 Å². The van der Waals surface area contributed by atoms with Gasteiger partial charge in [-0.15, -0.1) is 11.8 Å². The maximum atomic E-state index is 13.1. The number of aryl methyl sites for hydroxylation is 1. The van der Waals surface area contributed by atoms with Crippen molar-refractivity contribution < 1.29 is 37.1 Å². The number of nitrogens with one attached hydrogen (secondary N) is 3. The van der Waals surface area contributed by atoms with Gasteiger partial charge in [0.2, 0.25) is 15.9 Å². The second kappa shape index (κ2) is 14.1. The summed E-state index contributed by atoms with van der Waals surface area (Å²) in [5.74, 6) is -1.39. The van der Waals surface area contributed by atoms with Gasteiger partial charge in [-0.25, -0.2) is 22.8 Å². The molecule has 4 rings (SSSR count). The molecule has 12 nitrogen and oxygen atoms in total. The lowest BCUT2D eigenvalue weighted by Gasteiger charge is -2.27. The van der Waals surface area contributed by atoms with E-state index in [4.69, 9.17) is 9.47 Å². The lowest BCUT2D eigenvalue weighted by atomic mass is 10.1. The van der Waals surface area contributed by atoms with Crippen LogP contribution in [0.25, 0.3) is 0 Å². The average molecular weight is 647 g/mol. The monoisotopic (exact) mass is 646 g/mol. The Balaban J connectivity index is 1.45. The highest BCUT2D eigenvalue weighted by Crippen LogP contribution is 2.25. The van der Waals surface area contributed by atoms with Gasteiger partial charge in [-0.05, 0) is 83.3 Å². The Morgan fingerprint density at radius 3 is 2.36 bits per heavy atom. The third-order valence-electron chi connectivity index (χ3n) is 6.93. The van der Waals surface area contributed by atoms with Gasteiger partial charge in [0.05, 0.1) is 10.8 Å². The molecule has 44 heavy (non-hydrogen) atoms. The van der Waals surface area contributed by atoms with E-state index in [0.29, 0.717) is 35.8 Å². The van der Waals surface area contributed by atoms with Crippen LogP contribution in [0.1, 0.15) is 44.7 Å². The van der Waals surface area contributed by atoms with Gasteiger partial charge in [-0.1, -0.05) is 29.8 Å². The highest BCUT2D eigenvalue weighted by Gasteiger charge is 2.37.